The van der Waals surface area contributed by atoms with E-state index < -0.39 is 0 Å². The second-order valence-corrected chi connectivity index (χ2v) is 3.57. The summed E-state index contributed by atoms with van der Waals surface area (Å²) in [5.74, 6) is 0.651. The summed E-state index contributed by atoms with van der Waals surface area (Å²) >= 11 is 0. The number of hydrogen-bond acceptors (Lipinski definition) is 4. The van der Waals surface area contributed by atoms with E-state index in [2.05, 4.69) is 9.97 Å². The number of nitrogens with two attached hydrogens (primary N) is 1. The summed E-state index contributed by atoms with van der Waals surface area (Å²) in [4.78, 5) is 8.32. The van der Waals surface area contributed by atoms with Gasteiger partial charge in [0.2, 0.25) is 5.89 Å². The fourth-order valence-electron chi connectivity index (χ4n) is 1.59. The Morgan fingerprint density at radius 2 is 2.31 bits per heavy atom. The minimum absolute atomic E-state index is 0.578. The Bertz CT molecular complexity index is 612. The van der Waals surface area contributed by atoms with Crippen molar-refractivity contribution in [3.63, 3.8) is 0 Å². The van der Waals surface area contributed by atoms with Crippen molar-refractivity contribution in [2.24, 2.45) is 0 Å². The molecule has 0 saturated heterocycles. The quantitative estimate of drug-likeness (QED) is 0.658. The summed E-state index contributed by atoms with van der Waals surface area (Å²) in [5, 5.41) is 0. The number of benzene rings is 1. The molecule has 2 aromatic heterocycles. The molecule has 0 unspecified atom stereocenters. The molecule has 0 spiro atoms. The lowest BCUT2D eigenvalue weighted by Crippen LogP contribution is -1.95. The van der Waals surface area contributed by atoms with Gasteiger partial charge < -0.3 is 14.7 Å². The summed E-state index contributed by atoms with van der Waals surface area (Å²) in [5.41, 5.74) is 7.89. The van der Waals surface area contributed by atoms with Crippen LogP contribution in [0.5, 0.6) is 0 Å². The number of nitrogen functional groups attached to an aromatic ring is 1. The van der Waals surface area contributed by atoms with Crippen molar-refractivity contribution >= 4 is 16.8 Å². The average Bonchev–Trinajstić information content (AvgIpc) is 2.86. The summed E-state index contributed by atoms with van der Waals surface area (Å²) in [6, 6.07) is 5.44. The molecule has 3 aromatic rings. The molecular formula is C11H10N4O. The topological polar surface area (TPSA) is 69.9 Å². The predicted octanol–water partition coefficient (Wildman–Crippen LogP) is 1.65. The largest absolute Gasteiger partial charge is 0.439 e. The highest BCUT2D eigenvalue weighted by molar-refractivity contribution is 5.76. The molecule has 3 rings (SSSR count). The van der Waals surface area contributed by atoms with Crippen molar-refractivity contribution in [3.8, 4) is 0 Å². The maximum atomic E-state index is 5.67. The van der Waals surface area contributed by atoms with Crippen LogP contribution < -0.4 is 5.73 Å². The standard InChI is InChI=1S/C11H10N4O/c12-8-1-2-9-10(5-8)16-11(14-9)6-15-4-3-13-7-15/h1-5,7H,6,12H2. The molecule has 2 heterocycles. The van der Waals surface area contributed by atoms with Gasteiger partial charge in [-0.3, -0.25) is 0 Å². The number of anilines is 1. The van der Waals surface area contributed by atoms with Gasteiger partial charge >= 0.3 is 0 Å². The number of nitrogens with zero attached hydrogens (tertiary/aromatic N) is 3. The lowest BCUT2D eigenvalue weighted by molar-refractivity contribution is 0.509. The molecule has 0 bridgehead atoms. The van der Waals surface area contributed by atoms with Crippen LogP contribution in [-0.2, 0) is 6.54 Å². The van der Waals surface area contributed by atoms with E-state index in [9.17, 15) is 0 Å². The van der Waals surface area contributed by atoms with Gasteiger partial charge in [-0.1, -0.05) is 0 Å². The van der Waals surface area contributed by atoms with E-state index in [0.29, 0.717) is 18.1 Å². The zero-order valence-corrected chi connectivity index (χ0v) is 8.50. The average molecular weight is 214 g/mol. The molecule has 16 heavy (non-hydrogen) atoms. The second-order valence-electron chi connectivity index (χ2n) is 3.57. The van der Waals surface area contributed by atoms with E-state index >= 15 is 0 Å². The summed E-state index contributed by atoms with van der Waals surface area (Å²) in [6.07, 6.45) is 5.31. The van der Waals surface area contributed by atoms with Gasteiger partial charge in [0.15, 0.2) is 5.58 Å². The lowest BCUT2D eigenvalue weighted by Gasteiger charge is -1.94. The molecule has 0 aliphatic rings. The first-order chi connectivity index (χ1) is 7.81. The Morgan fingerprint density at radius 1 is 1.38 bits per heavy atom. The normalized spacial score (nSPS) is 11.0. The number of aromatic nitrogens is 3. The van der Waals surface area contributed by atoms with Crippen molar-refractivity contribution < 1.29 is 4.42 Å². The van der Waals surface area contributed by atoms with Crippen LogP contribution in [0.25, 0.3) is 11.1 Å². The number of hydrogen-bond donors (Lipinski definition) is 1. The molecule has 0 radical (unpaired) electrons. The third kappa shape index (κ3) is 1.52. The minimum Gasteiger partial charge on any atom is -0.439 e. The SMILES string of the molecule is Nc1ccc2nc(Cn3ccnc3)oc2c1. The Hall–Kier alpha value is -2.30. The van der Waals surface area contributed by atoms with Crippen LogP contribution in [-0.4, -0.2) is 14.5 Å². The van der Waals surface area contributed by atoms with Gasteiger partial charge in [-0.2, -0.15) is 0 Å². The van der Waals surface area contributed by atoms with Gasteiger partial charge in [0, 0.05) is 24.1 Å². The highest BCUT2D eigenvalue weighted by atomic mass is 16.3. The monoisotopic (exact) mass is 214 g/mol. The van der Waals surface area contributed by atoms with Gasteiger partial charge in [0.1, 0.15) is 12.1 Å². The summed E-state index contributed by atoms with van der Waals surface area (Å²) < 4.78 is 7.48. The van der Waals surface area contributed by atoms with Crippen molar-refractivity contribution in [2.45, 2.75) is 6.54 Å². The fourth-order valence-corrected chi connectivity index (χ4v) is 1.59. The molecule has 80 valence electrons. The first kappa shape index (κ1) is 8.96. The molecule has 0 amide bonds. The molecule has 0 aliphatic heterocycles. The zero-order chi connectivity index (χ0) is 11.0. The van der Waals surface area contributed by atoms with E-state index in [-0.39, 0.29) is 0 Å². The van der Waals surface area contributed by atoms with Crippen molar-refractivity contribution in [3.05, 3.63) is 42.8 Å². The van der Waals surface area contributed by atoms with E-state index in [4.69, 9.17) is 10.2 Å². The third-order valence-electron chi connectivity index (χ3n) is 2.33. The Labute approximate surface area is 91.5 Å². The molecule has 5 nitrogen and oxygen atoms in total. The molecule has 2 N–H and O–H groups in total. The van der Waals surface area contributed by atoms with E-state index in [1.165, 1.54) is 0 Å². The molecule has 5 heteroatoms. The van der Waals surface area contributed by atoms with Crippen LogP contribution in [0, 0.1) is 0 Å². The maximum absolute atomic E-state index is 5.67. The lowest BCUT2D eigenvalue weighted by atomic mass is 10.3. The molecule has 0 fully saturated rings. The molecule has 0 atom stereocenters. The molecular weight excluding hydrogens is 204 g/mol. The van der Waals surface area contributed by atoms with E-state index in [0.717, 1.165) is 11.1 Å². The highest BCUT2D eigenvalue weighted by Gasteiger charge is 2.05. The van der Waals surface area contributed by atoms with Crippen molar-refractivity contribution in [2.75, 3.05) is 5.73 Å². The van der Waals surface area contributed by atoms with Crippen molar-refractivity contribution in [1.82, 2.24) is 14.5 Å². The Kier molecular flexibility index (Phi) is 1.89. The number of rotatable bonds is 2. The summed E-state index contributed by atoms with van der Waals surface area (Å²) in [6.45, 7) is 0.578. The van der Waals surface area contributed by atoms with E-state index in [1.54, 1.807) is 18.6 Å². The first-order valence-corrected chi connectivity index (χ1v) is 4.92. The molecule has 1 aromatic carbocycles. The van der Waals surface area contributed by atoms with Gasteiger partial charge in [-0.05, 0) is 12.1 Å². The predicted molar refractivity (Wildman–Crippen MR) is 59.8 cm³/mol. The van der Waals surface area contributed by atoms with Gasteiger partial charge in [0.05, 0.1) is 6.33 Å². The van der Waals surface area contributed by atoms with Crippen LogP contribution in [0.2, 0.25) is 0 Å². The third-order valence-corrected chi connectivity index (χ3v) is 2.33. The number of imidazole rings is 1. The second kappa shape index (κ2) is 3.37. The van der Waals surface area contributed by atoms with Crippen LogP contribution in [0.15, 0.2) is 41.3 Å². The van der Waals surface area contributed by atoms with Crippen LogP contribution >= 0.6 is 0 Å². The Morgan fingerprint density at radius 3 is 3.12 bits per heavy atom. The molecule has 0 aliphatic carbocycles. The first-order valence-electron chi connectivity index (χ1n) is 4.92. The highest BCUT2D eigenvalue weighted by Crippen LogP contribution is 2.18. The van der Waals surface area contributed by atoms with Gasteiger partial charge in [-0.25, -0.2) is 9.97 Å². The van der Waals surface area contributed by atoms with Crippen molar-refractivity contribution in [1.29, 1.82) is 0 Å². The fraction of sp³-hybridized carbons (Fsp3) is 0.0909. The Balaban J connectivity index is 1.99. The smallest absolute Gasteiger partial charge is 0.215 e. The van der Waals surface area contributed by atoms with Gasteiger partial charge in [0.25, 0.3) is 0 Å². The van der Waals surface area contributed by atoms with Crippen LogP contribution in [0.4, 0.5) is 5.69 Å². The van der Waals surface area contributed by atoms with Crippen LogP contribution in [0.1, 0.15) is 5.89 Å². The maximum Gasteiger partial charge on any atom is 0.215 e. The minimum atomic E-state index is 0.578. The number of fused-ring (bicyclic) bond motifs is 1. The van der Waals surface area contributed by atoms with Crippen LogP contribution in [0.3, 0.4) is 0 Å². The summed E-state index contributed by atoms with van der Waals surface area (Å²) in [7, 11) is 0. The number of oxazole rings is 1. The molecule has 0 saturated carbocycles. The zero-order valence-electron chi connectivity index (χ0n) is 8.50. The van der Waals surface area contributed by atoms with Gasteiger partial charge in [-0.15, -0.1) is 0 Å². The van der Waals surface area contributed by atoms with E-state index in [1.807, 2.05) is 22.9 Å².